The van der Waals surface area contributed by atoms with Crippen LogP contribution in [0.5, 0.6) is 5.88 Å². The van der Waals surface area contributed by atoms with E-state index < -0.39 is 17.4 Å². The van der Waals surface area contributed by atoms with E-state index in [9.17, 15) is 14.0 Å². The van der Waals surface area contributed by atoms with E-state index in [1.807, 2.05) is 71.9 Å². The van der Waals surface area contributed by atoms with Gasteiger partial charge in [0.15, 0.2) is 5.02 Å². The molecule has 2 amide bonds. The predicted octanol–water partition coefficient (Wildman–Crippen LogP) is 6.62. The number of rotatable bonds is 8. The highest BCUT2D eigenvalue weighted by Crippen LogP contribution is 2.27. The Kier molecular flexibility index (Phi) is 9.06. The quantitative estimate of drug-likeness (QED) is 0.239. The fourth-order valence-corrected chi connectivity index (χ4v) is 4.59. The van der Waals surface area contributed by atoms with Crippen molar-refractivity contribution >= 4 is 23.4 Å². The van der Waals surface area contributed by atoms with Crippen LogP contribution in [-0.2, 0) is 18.6 Å². The van der Waals surface area contributed by atoms with Crippen molar-refractivity contribution in [3.63, 3.8) is 0 Å². The smallest absolute Gasteiger partial charge is 0.320 e. The highest BCUT2D eigenvalue weighted by molar-refractivity contribution is 6.31. The molecule has 0 spiro atoms. The first-order valence-corrected chi connectivity index (χ1v) is 14.0. The van der Waals surface area contributed by atoms with Gasteiger partial charge in [0, 0.05) is 24.1 Å². The van der Waals surface area contributed by atoms with E-state index in [0.717, 1.165) is 16.9 Å². The molecule has 2 heterocycles. The molecule has 0 aliphatic rings. The zero-order valence-electron chi connectivity index (χ0n) is 24.9. The van der Waals surface area contributed by atoms with E-state index in [-0.39, 0.29) is 35.5 Å². The van der Waals surface area contributed by atoms with Crippen molar-refractivity contribution in [2.24, 2.45) is 0 Å². The molecule has 9 nitrogen and oxygen atoms in total. The summed E-state index contributed by atoms with van der Waals surface area (Å²) < 4.78 is 23.2. The predicted molar refractivity (Wildman–Crippen MR) is 162 cm³/mol. The summed E-state index contributed by atoms with van der Waals surface area (Å²) in [6.45, 7) is 13.5. The molecule has 0 atom stereocenters. The average Bonchev–Trinajstić information content (AvgIpc) is 3.34. The van der Waals surface area contributed by atoms with E-state index in [2.05, 4.69) is 15.6 Å². The Morgan fingerprint density at radius 1 is 1.07 bits per heavy atom. The maximum Gasteiger partial charge on any atom is 0.320 e. The molecule has 0 bridgehead atoms. The number of hydrogen-bond acceptors (Lipinski definition) is 5. The number of amides is 2. The van der Waals surface area contributed by atoms with Gasteiger partial charge in [-0.25, -0.2) is 13.9 Å². The van der Waals surface area contributed by atoms with E-state index in [1.54, 1.807) is 17.7 Å². The van der Waals surface area contributed by atoms with Gasteiger partial charge in [-0.05, 0) is 63.1 Å². The molecule has 0 radical (unpaired) electrons. The number of ether oxygens (including phenoxy) is 1. The Bertz CT molecular complexity index is 1660. The Hall–Kier alpha value is -4.18. The molecule has 2 N–H and O–H groups in total. The minimum Gasteiger partial charge on any atom is -0.472 e. The van der Waals surface area contributed by atoms with Crippen LogP contribution >= 0.6 is 11.6 Å². The van der Waals surface area contributed by atoms with Gasteiger partial charge in [0.2, 0.25) is 5.88 Å². The van der Waals surface area contributed by atoms with Crippen LogP contribution < -0.4 is 20.9 Å². The monoisotopic (exact) mass is 594 g/mol. The van der Waals surface area contributed by atoms with Crippen molar-refractivity contribution in [2.45, 2.75) is 73.1 Å². The molecule has 4 aromatic rings. The lowest BCUT2D eigenvalue weighted by Crippen LogP contribution is -2.29. The van der Waals surface area contributed by atoms with Crippen LogP contribution in [0.4, 0.5) is 15.0 Å². The number of aryl methyl sites for hydroxylation is 2. The minimum atomic E-state index is -0.488. The maximum absolute atomic E-state index is 14.2. The minimum absolute atomic E-state index is 0.00364. The summed E-state index contributed by atoms with van der Waals surface area (Å²) in [6, 6.07) is 13.2. The van der Waals surface area contributed by atoms with Gasteiger partial charge >= 0.3 is 6.03 Å². The maximum atomic E-state index is 14.2. The van der Waals surface area contributed by atoms with Crippen LogP contribution in [0.3, 0.4) is 0 Å². The van der Waals surface area contributed by atoms with Crippen molar-refractivity contribution in [2.75, 3.05) is 5.32 Å². The standard InChI is InChI=1S/C31H36ClFN6O3/c1-18(2)38-20(4)35-28(27(32)29(38)40)42-17-21-10-11-23(33)14-22(21)16-34-30(41)36-26-15-25(31(5,6)7)37-39(26)24-12-8-19(3)9-13-24/h8-15,18H,16-17H2,1-7H3,(H2,34,36,41). The molecule has 4 rings (SSSR count). The van der Waals surface area contributed by atoms with Crippen LogP contribution in [0.15, 0.2) is 53.3 Å². The van der Waals surface area contributed by atoms with Gasteiger partial charge in [0.25, 0.3) is 5.56 Å². The molecule has 0 saturated heterocycles. The number of halogens is 2. The molecule has 0 saturated carbocycles. The number of nitrogens with zero attached hydrogens (tertiary/aromatic N) is 4. The molecule has 0 unspecified atom stereocenters. The molecule has 222 valence electrons. The first-order chi connectivity index (χ1) is 19.7. The molecule has 0 fully saturated rings. The Morgan fingerprint density at radius 2 is 1.76 bits per heavy atom. The van der Waals surface area contributed by atoms with Gasteiger partial charge in [0.05, 0.1) is 11.4 Å². The normalized spacial score (nSPS) is 11.6. The largest absolute Gasteiger partial charge is 0.472 e. The Labute approximate surface area is 249 Å². The second-order valence-electron chi connectivity index (χ2n) is 11.5. The van der Waals surface area contributed by atoms with Crippen molar-refractivity contribution in [3.05, 3.63) is 97.9 Å². The summed E-state index contributed by atoms with van der Waals surface area (Å²) in [5, 5.41) is 10.3. The molecular weight excluding hydrogens is 559 g/mol. The first kappa shape index (κ1) is 30.8. The summed E-state index contributed by atoms with van der Waals surface area (Å²) in [5.74, 6) is 0.494. The van der Waals surface area contributed by atoms with Gasteiger partial charge in [0.1, 0.15) is 24.1 Å². The number of carbonyl (C=O) groups is 1. The highest BCUT2D eigenvalue weighted by Gasteiger charge is 2.22. The highest BCUT2D eigenvalue weighted by atomic mass is 35.5. The summed E-state index contributed by atoms with van der Waals surface area (Å²) in [6.07, 6.45) is 0. The van der Waals surface area contributed by atoms with E-state index in [1.165, 1.54) is 16.7 Å². The second-order valence-corrected chi connectivity index (χ2v) is 11.8. The molecule has 2 aromatic carbocycles. The van der Waals surface area contributed by atoms with Crippen molar-refractivity contribution in [1.82, 2.24) is 24.6 Å². The average molecular weight is 595 g/mol. The third-order valence-corrected chi connectivity index (χ3v) is 7.02. The van der Waals surface area contributed by atoms with Gasteiger partial charge in [-0.2, -0.15) is 10.1 Å². The molecule has 42 heavy (non-hydrogen) atoms. The second kappa shape index (κ2) is 12.4. The zero-order valence-corrected chi connectivity index (χ0v) is 25.6. The van der Waals surface area contributed by atoms with Crippen LogP contribution in [-0.4, -0.2) is 25.4 Å². The topological polar surface area (TPSA) is 103 Å². The fourth-order valence-electron chi connectivity index (χ4n) is 4.40. The summed E-state index contributed by atoms with van der Waals surface area (Å²) in [5.41, 5.74) is 3.18. The fraction of sp³-hybridized carbons (Fsp3) is 0.355. The van der Waals surface area contributed by atoms with Crippen molar-refractivity contribution in [1.29, 1.82) is 0 Å². The van der Waals surface area contributed by atoms with Crippen molar-refractivity contribution < 1.29 is 13.9 Å². The number of hydrogen-bond donors (Lipinski definition) is 2. The van der Waals surface area contributed by atoms with Gasteiger partial charge in [-0.15, -0.1) is 0 Å². The molecule has 11 heteroatoms. The number of urea groups is 1. The van der Waals surface area contributed by atoms with E-state index in [0.29, 0.717) is 22.8 Å². The summed E-state index contributed by atoms with van der Waals surface area (Å²) in [4.78, 5) is 30.0. The van der Waals surface area contributed by atoms with E-state index in [4.69, 9.17) is 21.4 Å². The number of anilines is 1. The molecule has 0 aliphatic carbocycles. The molecule has 2 aromatic heterocycles. The van der Waals surface area contributed by atoms with Crippen LogP contribution in [0.2, 0.25) is 5.02 Å². The van der Waals surface area contributed by atoms with Gasteiger partial charge in [-0.3, -0.25) is 14.7 Å². The first-order valence-electron chi connectivity index (χ1n) is 13.7. The summed E-state index contributed by atoms with van der Waals surface area (Å²) in [7, 11) is 0. The van der Waals surface area contributed by atoms with Crippen molar-refractivity contribution in [3.8, 4) is 11.6 Å². The number of nitrogens with one attached hydrogen (secondary N) is 2. The van der Waals surface area contributed by atoms with Crippen LogP contribution in [0.25, 0.3) is 5.69 Å². The Morgan fingerprint density at radius 3 is 2.40 bits per heavy atom. The third-order valence-electron chi connectivity index (χ3n) is 6.69. The summed E-state index contributed by atoms with van der Waals surface area (Å²) >= 11 is 6.27. The zero-order chi connectivity index (χ0) is 30.8. The number of carbonyl (C=O) groups excluding carboxylic acids is 1. The number of aromatic nitrogens is 4. The lowest BCUT2D eigenvalue weighted by molar-refractivity contribution is 0.251. The van der Waals surface area contributed by atoms with Gasteiger partial charge < -0.3 is 10.1 Å². The molecular formula is C31H36ClFN6O3. The van der Waals surface area contributed by atoms with E-state index >= 15 is 0 Å². The lowest BCUT2D eigenvalue weighted by Gasteiger charge is -2.16. The Balaban J connectivity index is 1.50. The van der Waals surface area contributed by atoms with Gasteiger partial charge in [-0.1, -0.05) is 56.1 Å². The third kappa shape index (κ3) is 6.99. The SMILES string of the molecule is Cc1ccc(-n2nc(C(C)(C)C)cc2NC(=O)NCc2cc(F)ccc2COc2nc(C)n(C(C)C)c(=O)c2Cl)cc1. The van der Waals surface area contributed by atoms with Crippen LogP contribution in [0.1, 0.15) is 68.9 Å². The van der Waals surface area contributed by atoms with Crippen LogP contribution in [0, 0.1) is 19.7 Å². The number of benzene rings is 2. The molecule has 0 aliphatic heterocycles. The lowest BCUT2D eigenvalue weighted by atomic mass is 9.92.